The van der Waals surface area contributed by atoms with Gasteiger partial charge >= 0.3 is 0 Å². The molecule has 0 spiro atoms. The van der Waals surface area contributed by atoms with E-state index in [4.69, 9.17) is 10.00 Å². The van der Waals surface area contributed by atoms with Crippen LogP contribution in [0, 0.1) is 11.3 Å². The molecule has 0 aliphatic carbocycles. The molecule has 1 N–H and O–H groups in total. The van der Waals surface area contributed by atoms with Crippen LogP contribution in [0.15, 0.2) is 42.5 Å². The van der Waals surface area contributed by atoms with Gasteiger partial charge in [0, 0.05) is 12.5 Å². The minimum absolute atomic E-state index is 0.478. The van der Waals surface area contributed by atoms with E-state index in [0.717, 1.165) is 34.6 Å². The largest absolute Gasteiger partial charge is 0.489 e. The quantitative estimate of drug-likeness (QED) is 0.793. The van der Waals surface area contributed by atoms with E-state index in [1.807, 2.05) is 30.3 Å². The lowest BCUT2D eigenvalue weighted by atomic mass is 10.1. The average molecular weight is 277 g/mol. The summed E-state index contributed by atoms with van der Waals surface area (Å²) in [7, 11) is 0. The van der Waals surface area contributed by atoms with Crippen molar-refractivity contribution in [1.82, 2.24) is 9.97 Å². The first kappa shape index (κ1) is 13.2. The molecule has 0 aliphatic rings. The van der Waals surface area contributed by atoms with Gasteiger partial charge < -0.3 is 9.72 Å². The molecule has 1 heterocycles. The van der Waals surface area contributed by atoms with Crippen molar-refractivity contribution in [3.8, 4) is 11.8 Å². The third kappa shape index (κ3) is 2.87. The summed E-state index contributed by atoms with van der Waals surface area (Å²) in [6.45, 7) is 2.55. The number of aromatic amines is 1. The molecule has 0 radical (unpaired) electrons. The van der Waals surface area contributed by atoms with Crippen LogP contribution in [0.2, 0.25) is 0 Å². The fraction of sp³-hybridized carbons (Fsp3) is 0.176. The molecule has 21 heavy (non-hydrogen) atoms. The van der Waals surface area contributed by atoms with Gasteiger partial charge in [-0.3, -0.25) is 0 Å². The fourth-order valence-electron chi connectivity index (χ4n) is 2.14. The summed E-state index contributed by atoms with van der Waals surface area (Å²) in [5.74, 6) is 1.78. The zero-order valence-electron chi connectivity index (χ0n) is 11.8. The third-order valence-corrected chi connectivity index (χ3v) is 3.33. The van der Waals surface area contributed by atoms with E-state index in [9.17, 15) is 0 Å². The molecule has 4 heteroatoms. The van der Waals surface area contributed by atoms with E-state index >= 15 is 0 Å². The second-order valence-corrected chi connectivity index (χ2v) is 4.81. The number of benzene rings is 2. The number of rotatable bonds is 4. The van der Waals surface area contributed by atoms with Crippen LogP contribution in [-0.2, 0) is 13.0 Å². The number of hydrogen-bond donors (Lipinski definition) is 1. The second kappa shape index (κ2) is 5.68. The Bertz CT molecular complexity index is 797. The molecule has 0 saturated heterocycles. The molecule has 0 atom stereocenters. The Balaban J connectivity index is 1.73. The first-order valence-electron chi connectivity index (χ1n) is 6.89. The lowest BCUT2D eigenvalue weighted by molar-refractivity contribution is 0.306. The molecule has 0 amide bonds. The highest BCUT2D eigenvalue weighted by molar-refractivity contribution is 5.76. The Morgan fingerprint density at radius 2 is 2.00 bits per heavy atom. The van der Waals surface area contributed by atoms with Crippen molar-refractivity contribution in [1.29, 1.82) is 5.26 Å². The Labute approximate surface area is 123 Å². The lowest BCUT2D eigenvalue weighted by Crippen LogP contribution is -1.95. The maximum absolute atomic E-state index is 8.77. The number of nitrogens with one attached hydrogen (secondary N) is 1. The highest BCUT2D eigenvalue weighted by Crippen LogP contribution is 2.20. The smallest absolute Gasteiger partial charge is 0.122 e. The monoisotopic (exact) mass is 277 g/mol. The van der Waals surface area contributed by atoms with E-state index in [2.05, 4.69) is 23.0 Å². The van der Waals surface area contributed by atoms with Crippen molar-refractivity contribution < 1.29 is 4.74 Å². The minimum Gasteiger partial charge on any atom is -0.489 e. The molecule has 0 bridgehead atoms. The summed E-state index contributed by atoms with van der Waals surface area (Å²) in [5.41, 5.74) is 3.64. The maximum atomic E-state index is 8.77. The normalized spacial score (nSPS) is 10.5. The van der Waals surface area contributed by atoms with Crippen molar-refractivity contribution >= 4 is 11.0 Å². The summed E-state index contributed by atoms with van der Waals surface area (Å²) in [6, 6.07) is 15.4. The van der Waals surface area contributed by atoms with Crippen LogP contribution in [-0.4, -0.2) is 9.97 Å². The summed E-state index contributed by atoms with van der Waals surface area (Å²) in [4.78, 5) is 7.74. The number of hydrogen-bond acceptors (Lipinski definition) is 3. The number of fused-ring (bicyclic) bond motifs is 1. The number of nitriles is 1. The zero-order valence-corrected chi connectivity index (χ0v) is 11.8. The molecular weight excluding hydrogens is 262 g/mol. The number of H-pyrrole nitrogens is 1. The third-order valence-electron chi connectivity index (χ3n) is 3.33. The van der Waals surface area contributed by atoms with Gasteiger partial charge in [-0.15, -0.1) is 0 Å². The average Bonchev–Trinajstić information content (AvgIpc) is 2.95. The molecule has 0 aliphatic heterocycles. The van der Waals surface area contributed by atoms with Crippen molar-refractivity contribution in [2.24, 2.45) is 0 Å². The van der Waals surface area contributed by atoms with Crippen molar-refractivity contribution in [3.05, 3.63) is 59.4 Å². The number of ether oxygens (including phenoxy) is 1. The summed E-state index contributed by atoms with van der Waals surface area (Å²) in [5, 5.41) is 8.77. The van der Waals surface area contributed by atoms with E-state index in [1.54, 1.807) is 12.1 Å². The highest BCUT2D eigenvalue weighted by Gasteiger charge is 2.03. The Hall–Kier alpha value is -2.80. The second-order valence-electron chi connectivity index (χ2n) is 4.81. The van der Waals surface area contributed by atoms with Gasteiger partial charge in [0.25, 0.3) is 0 Å². The van der Waals surface area contributed by atoms with Crippen LogP contribution in [0.25, 0.3) is 11.0 Å². The molecular formula is C17H15N3O. The first-order chi connectivity index (χ1) is 10.3. The van der Waals surface area contributed by atoms with Crippen LogP contribution in [0.4, 0.5) is 0 Å². The molecule has 3 rings (SSSR count). The maximum Gasteiger partial charge on any atom is 0.122 e. The van der Waals surface area contributed by atoms with Crippen LogP contribution < -0.4 is 4.74 Å². The summed E-state index contributed by atoms with van der Waals surface area (Å²) < 4.78 is 5.79. The molecule has 3 aromatic rings. The molecule has 0 unspecified atom stereocenters. The predicted octanol–water partition coefficient (Wildman–Crippen LogP) is 3.58. The Kier molecular flexibility index (Phi) is 3.57. The molecule has 0 fully saturated rings. The fourth-order valence-corrected chi connectivity index (χ4v) is 2.14. The van der Waals surface area contributed by atoms with Crippen LogP contribution in [0.5, 0.6) is 5.75 Å². The highest BCUT2D eigenvalue weighted by atomic mass is 16.5. The Morgan fingerprint density at radius 1 is 1.19 bits per heavy atom. The van der Waals surface area contributed by atoms with E-state index < -0.39 is 0 Å². The topological polar surface area (TPSA) is 61.7 Å². The van der Waals surface area contributed by atoms with Gasteiger partial charge in [-0.25, -0.2) is 4.98 Å². The van der Waals surface area contributed by atoms with E-state index in [-0.39, 0.29) is 0 Å². The predicted molar refractivity (Wildman–Crippen MR) is 81.0 cm³/mol. The lowest BCUT2D eigenvalue weighted by Gasteiger charge is -2.06. The summed E-state index contributed by atoms with van der Waals surface area (Å²) in [6.07, 6.45) is 0.885. The van der Waals surface area contributed by atoms with Crippen molar-refractivity contribution in [3.63, 3.8) is 0 Å². The molecule has 2 aromatic carbocycles. The molecule has 104 valence electrons. The zero-order chi connectivity index (χ0) is 14.7. The van der Waals surface area contributed by atoms with Gasteiger partial charge in [0.2, 0.25) is 0 Å². The van der Waals surface area contributed by atoms with Crippen LogP contribution in [0.1, 0.15) is 23.9 Å². The number of aromatic nitrogens is 2. The van der Waals surface area contributed by atoms with Gasteiger partial charge in [0.05, 0.1) is 22.7 Å². The molecule has 1 aromatic heterocycles. The standard InChI is InChI=1S/C17H15N3O/c1-2-17-19-15-8-7-14(9-16(15)20-17)21-11-13-5-3-12(10-18)4-6-13/h3-9H,2,11H2,1H3,(H,19,20). The summed E-state index contributed by atoms with van der Waals surface area (Å²) >= 11 is 0. The molecule has 4 nitrogen and oxygen atoms in total. The van der Waals surface area contributed by atoms with Gasteiger partial charge in [-0.05, 0) is 29.8 Å². The van der Waals surface area contributed by atoms with Gasteiger partial charge in [-0.1, -0.05) is 19.1 Å². The SMILES string of the molecule is CCc1nc2ccc(OCc3ccc(C#N)cc3)cc2[nH]1. The van der Waals surface area contributed by atoms with Crippen molar-refractivity contribution in [2.75, 3.05) is 0 Å². The number of imidazole rings is 1. The van der Waals surface area contributed by atoms with Crippen LogP contribution in [0.3, 0.4) is 0 Å². The van der Waals surface area contributed by atoms with Gasteiger partial charge in [0.15, 0.2) is 0 Å². The van der Waals surface area contributed by atoms with Gasteiger partial charge in [-0.2, -0.15) is 5.26 Å². The number of nitrogens with zero attached hydrogens (tertiary/aromatic N) is 2. The molecule has 0 saturated carbocycles. The minimum atomic E-state index is 0.478. The van der Waals surface area contributed by atoms with Crippen LogP contribution >= 0.6 is 0 Å². The van der Waals surface area contributed by atoms with E-state index in [1.165, 1.54) is 0 Å². The Morgan fingerprint density at radius 3 is 2.71 bits per heavy atom. The first-order valence-corrected chi connectivity index (χ1v) is 6.89. The van der Waals surface area contributed by atoms with Gasteiger partial charge in [0.1, 0.15) is 18.2 Å². The number of aryl methyl sites for hydroxylation is 1. The van der Waals surface area contributed by atoms with E-state index in [0.29, 0.717) is 12.2 Å². The van der Waals surface area contributed by atoms with Crippen molar-refractivity contribution in [2.45, 2.75) is 20.0 Å².